The van der Waals surface area contributed by atoms with Crippen LogP contribution in [0.5, 0.6) is 0 Å². The van der Waals surface area contributed by atoms with E-state index in [2.05, 4.69) is 37.3 Å². The van der Waals surface area contributed by atoms with Gasteiger partial charge in [0.15, 0.2) is 0 Å². The van der Waals surface area contributed by atoms with Crippen molar-refractivity contribution in [2.45, 2.75) is 13.5 Å². The number of anilines is 1. The Hall–Kier alpha value is -1.52. The fourth-order valence-electron chi connectivity index (χ4n) is 2.12. The summed E-state index contributed by atoms with van der Waals surface area (Å²) in [6.45, 7) is 2.66. The lowest BCUT2D eigenvalue weighted by molar-refractivity contribution is 1.14. The Morgan fingerprint density at radius 3 is 2.95 bits per heavy atom. The summed E-state index contributed by atoms with van der Waals surface area (Å²) in [4.78, 5) is 7.63. The quantitative estimate of drug-likeness (QED) is 0.705. The molecular weight excluding hydrogens is 338 g/mol. The molecule has 0 saturated carbocycles. The maximum Gasteiger partial charge on any atom is 0.104 e. The summed E-state index contributed by atoms with van der Waals surface area (Å²) in [6, 6.07) is 11.9. The number of benzene rings is 2. The van der Waals surface area contributed by atoms with Gasteiger partial charge in [-0.15, -0.1) is 0 Å². The van der Waals surface area contributed by atoms with Crippen molar-refractivity contribution in [2.75, 3.05) is 5.32 Å². The summed E-state index contributed by atoms with van der Waals surface area (Å²) in [5, 5.41) is 4.13. The molecule has 0 aliphatic carbocycles. The van der Waals surface area contributed by atoms with Crippen LogP contribution < -0.4 is 5.32 Å². The maximum atomic E-state index is 6.02. The van der Waals surface area contributed by atoms with E-state index in [4.69, 9.17) is 11.6 Å². The average molecular weight is 351 g/mol. The average Bonchev–Trinajstić information content (AvgIpc) is 2.79. The van der Waals surface area contributed by atoms with Crippen LogP contribution in [0.25, 0.3) is 11.0 Å². The molecular formula is C15H13BrClN3. The van der Waals surface area contributed by atoms with E-state index in [-0.39, 0.29) is 0 Å². The summed E-state index contributed by atoms with van der Waals surface area (Å²) < 4.78 is 1.05. The smallest absolute Gasteiger partial charge is 0.104 e. The molecule has 0 saturated heterocycles. The maximum absolute atomic E-state index is 6.02. The highest BCUT2D eigenvalue weighted by Gasteiger charge is 2.03. The third-order valence-electron chi connectivity index (χ3n) is 3.09. The molecule has 0 aliphatic rings. The van der Waals surface area contributed by atoms with Crippen molar-refractivity contribution in [3.63, 3.8) is 0 Å². The van der Waals surface area contributed by atoms with Gasteiger partial charge in [-0.05, 0) is 48.9 Å². The molecule has 20 heavy (non-hydrogen) atoms. The van der Waals surface area contributed by atoms with E-state index in [1.165, 1.54) is 0 Å². The standard InChI is InChI=1S/C15H13BrClN3/c1-9-19-14-5-3-12(7-15(14)20-9)18-8-10-6-11(17)2-4-13(10)16/h2-7,18H,8H2,1H3,(H,19,20). The van der Waals surface area contributed by atoms with Crippen molar-refractivity contribution in [1.82, 2.24) is 9.97 Å². The monoisotopic (exact) mass is 349 g/mol. The normalized spacial score (nSPS) is 10.9. The van der Waals surface area contributed by atoms with Gasteiger partial charge in [-0.1, -0.05) is 27.5 Å². The predicted molar refractivity (Wildman–Crippen MR) is 87.3 cm³/mol. The highest BCUT2D eigenvalue weighted by molar-refractivity contribution is 9.10. The highest BCUT2D eigenvalue weighted by atomic mass is 79.9. The second kappa shape index (κ2) is 5.46. The van der Waals surface area contributed by atoms with Gasteiger partial charge in [0.05, 0.1) is 11.0 Å². The molecule has 3 aromatic rings. The van der Waals surface area contributed by atoms with Crippen molar-refractivity contribution in [1.29, 1.82) is 0 Å². The minimum Gasteiger partial charge on any atom is -0.381 e. The fourth-order valence-corrected chi connectivity index (χ4v) is 2.70. The summed E-state index contributed by atoms with van der Waals surface area (Å²) in [6.07, 6.45) is 0. The minimum absolute atomic E-state index is 0.708. The Morgan fingerprint density at radius 2 is 2.10 bits per heavy atom. The van der Waals surface area contributed by atoms with Gasteiger partial charge in [-0.3, -0.25) is 0 Å². The molecule has 0 amide bonds. The van der Waals surface area contributed by atoms with Crippen molar-refractivity contribution in [2.24, 2.45) is 0 Å². The Bertz CT molecular complexity index is 767. The molecule has 0 aliphatic heterocycles. The fraction of sp³-hybridized carbons (Fsp3) is 0.133. The van der Waals surface area contributed by atoms with Crippen molar-refractivity contribution in [3.8, 4) is 0 Å². The number of H-pyrrole nitrogens is 1. The van der Waals surface area contributed by atoms with Crippen LogP contribution in [0.4, 0.5) is 5.69 Å². The summed E-state index contributed by atoms with van der Waals surface area (Å²) in [5.74, 6) is 0.926. The summed E-state index contributed by atoms with van der Waals surface area (Å²) >= 11 is 9.55. The molecule has 0 unspecified atom stereocenters. The zero-order valence-corrected chi connectivity index (χ0v) is 13.2. The third-order valence-corrected chi connectivity index (χ3v) is 4.10. The molecule has 3 rings (SSSR count). The summed E-state index contributed by atoms with van der Waals surface area (Å²) in [5.41, 5.74) is 4.20. The molecule has 102 valence electrons. The Balaban J connectivity index is 1.80. The van der Waals surface area contributed by atoms with E-state index in [9.17, 15) is 0 Å². The predicted octanol–water partition coefficient (Wildman–Crippen LogP) is 4.90. The van der Waals surface area contributed by atoms with Crippen LogP contribution in [0.3, 0.4) is 0 Å². The number of aromatic nitrogens is 2. The number of aryl methyl sites for hydroxylation is 1. The van der Waals surface area contributed by atoms with Crippen molar-refractivity contribution in [3.05, 3.63) is 57.3 Å². The zero-order valence-electron chi connectivity index (χ0n) is 10.9. The molecule has 2 N–H and O–H groups in total. The first-order valence-electron chi connectivity index (χ1n) is 6.26. The number of aromatic amines is 1. The number of rotatable bonds is 3. The number of fused-ring (bicyclic) bond motifs is 1. The van der Waals surface area contributed by atoms with Crippen molar-refractivity contribution >= 4 is 44.3 Å². The van der Waals surface area contributed by atoms with Crippen molar-refractivity contribution < 1.29 is 0 Å². The first-order valence-corrected chi connectivity index (χ1v) is 7.43. The van der Waals surface area contributed by atoms with Crippen LogP contribution in [-0.4, -0.2) is 9.97 Å². The molecule has 2 aromatic carbocycles. The van der Waals surface area contributed by atoms with E-state index >= 15 is 0 Å². The van der Waals surface area contributed by atoms with Crippen LogP contribution in [-0.2, 0) is 6.54 Å². The number of nitrogens with zero attached hydrogens (tertiary/aromatic N) is 1. The van der Waals surface area contributed by atoms with E-state index in [0.717, 1.165) is 37.6 Å². The van der Waals surface area contributed by atoms with Crippen LogP contribution in [0.2, 0.25) is 5.02 Å². The zero-order chi connectivity index (χ0) is 14.1. The first kappa shape index (κ1) is 13.5. The van der Waals surface area contributed by atoms with E-state index < -0.39 is 0 Å². The SMILES string of the molecule is Cc1nc2ccc(NCc3cc(Cl)ccc3Br)cc2[nH]1. The number of hydrogen-bond donors (Lipinski definition) is 2. The number of halogens is 2. The Morgan fingerprint density at radius 1 is 1.25 bits per heavy atom. The van der Waals surface area contributed by atoms with E-state index in [1.807, 2.05) is 37.3 Å². The van der Waals surface area contributed by atoms with Gasteiger partial charge in [0, 0.05) is 21.7 Å². The molecule has 3 nitrogen and oxygen atoms in total. The Labute approximate surface area is 130 Å². The van der Waals surface area contributed by atoms with Gasteiger partial charge >= 0.3 is 0 Å². The topological polar surface area (TPSA) is 40.7 Å². The molecule has 0 atom stereocenters. The Kier molecular flexibility index (Phi) is 3.68. The van der Waals surface area contributed by atoms with Crippen LogP contribution in [0.1, 0.15) is 11.4 Å². The van der Waals surface area contributed by atoms with Crippen LogP contribution >= 0.6 is 27.5 Å². The second-order valence-electron chi connectivity index (χ2n) is 4.64. The molecule has 0 spiro atoms. The highest BCUT2D eigenvalue weighted by Crippen LogP contribution is 2.23. The molecule has 5 heteroatoms. The van der Waals surface area contributed by atoms with Crippen LogP contribution in [0.15, 0.2) is 40.9 Å². The lowest BCUT2D eigenvalue weighted by Crippen LogP contribution is -2.00. The third kappa shape index (κ3) is 2.81. The van der Waals surface area contributed by atoms with E-state index in [0.29, 0.717) is 6.54 Å². The number of imidazole rings is 1. The lowest BCUT2D eigenvalue weighted by Gasteiger charge is -2.08. The van der Waals surface area contributed by atoms with E-state index in [1.54, 1.807) is 0 Å². The molecule has 1 aromatic heterocycles. The van der Waals surface area contributed by atoms with Gasteiger partial charge in [0.25, 0.3) is 0 Å². The first-order chi connectivity index (χ1) is 9.61. The molecule has 0 bridgehead atoms. The second-order valence-corrected chi connectivity index (χ2v) is 5.93. The molecule has 1 heterocycles. The summed E-state index contributed by atoms with van der Waals surface area (Å²) in [7, 11) is 0. The lowest BCUT2D eigenvalue weighted by atomic mass is 10.2. The van der Waals surface area contributed by atoms with Gasteiger partial charge in [0.1, 0.15) is 5.82 Å². The van der Waals surface area contributed by atoms with Gasteiger partial charge in [-0.25, -0.2) is 4.98 Å². The molecule has 0 fully saturated rings. The van der Waals surface area contributed by atoms with Gasteiger partial charge < -0.3 is 10.3 Å². The molecule has 0 radical (unpaired) electrons. The van der Waals surface area contributed by atoms with Gasteiger partial charge in [0.2, 0.25) is 0 Å². The minimum atomic E-state index is 0.708. The number of hydrogen-bond acceptors (Lipinski definition) is 2. The van der Waals surface area contributed by atoms with Crippen LogP contribution in [0, 0.1) is 6.92 Å². The largest absolute Gasteiger partial charge is 0.381 e. The number of nitrogens with one attached hydrogen (secondary N) is 2. The van der Waals surface area contributed by atoms with Gasteiger partial charge in [-0.2, -0.15) is 0 Å².